The van der Waals surface area contributed by atoms with Crippen LogP contribution in [0.2, 0.25) is 0 Å². The van der Waals surface area contributed by atoms with E-state index in [9.17, 15) is 14.4 Å². The van der Waals surface area contributed by atoms with Crippen molar-refractivity contribution < 1.29 is 23.9 Å². The molecule has 22 heavy (non-hydrogen) atoms. The van der Waals surface area contributed by atoms with Gasteiger partial charge in [-0.3, -0.25) is 14.4 Å². The van der Waals surface area contributed by atoms with Gasteiger partial charge in [0.2, 0.25) is 0 Å². The molecule has 0 aliphatic heterocycles. The fraction of sp³-hybridized carbons (Fsp3) is 0.400. The van der Waals surface area contributed by atoms with Crippen molar-refractivity contribution >= 4 is 17.8 Å². The number of carbonyl (C=O) groups is 3. The largest absolute Gasteiger partial charge is 0.484 e. The standard InChI is InChI=1S/C15H20N2O5/c1-11(15(20)17(2)3)22-14(19)9-16-13(18)10-21-12-7-5-4-6-8-12/h4-8,11H,9-10H2,1-3H3,(H,16,18)/t11-/m1/s1. The predicted molar refractivity (Wildman–Crippen MR) is 79.2 cm³/mol. The maximum absolute atomic E-state index is 11.5. The second kappa shape index (κ2) is 8.66. The van der Waals surface area contributed by atoms with Crippen molar-refractivity contribution in [2.45, 2.75) is 13.0 Å². The van der Waals surface area contributed by atoms with Crippen molar-refractivity contribution in [3.63, 3.8) is 0 Å². The van der Waals surface area contributed by atoms with Crippen LogP contribution in [0.3, 0.4) is 0 Å². The lowest BCUT2D eigenvalue weighted by Gasteiger charge is -2.17. The highest BCUT2D eigenvalue weighted by Crippen LogP contribution is 2.07. The molecule has 0 fully saturated rings. The number of benzene rings is 1. The van der Waals surface area contributed by atoms with Gasteiger partial charge in [0.25, 0.3) is 11.8 Å². The van der Waals surface area contributed by atoms with Crippen LogP contribution in [0.5, 0.6) is 5.75 Å². The summed E-state index contributed by atoms with van der Waals surface area (Å²) >= 11 is 0. The summed E-state index contributed by atoms with van der Waals surface area (Å²) < 4.78 is 10.1. The van der Waals surface area contributed by atoms with Gasteiger partial charge < -0.3 is 19.7 Å². The Balaban J connectivity index is 2.26. The number of hydrogen-bond acceptors (Lipinski definition) is 5. The van der Waals surface area contributed by atoms with Crippen LogP contribution < -0.4 is 10.1 Å². The number of hydrogen-bond donors (Lipinski definition) is 1. The Labute approximate surface area is 129 Å². The molecule has 0 heterocycles. The zero-order valence-corrected chi connectivity index (χ0v) is 12.9. The maximum Gasteiger partial charge on any atom is 0.326 e. The number of rotatable bonds is 7. The molecule has 0 radical (unpaired) electrons. The Bertz CT molecular complexity index is 516. The smallest absolute Gasteiger partial charge is 0.326 e. The number of para-hydroxylation sites is 1. The Morgan fingerprint density at radius 1 is 1.18 bits per heavy atom. The van der Waals surface area contributed by atoms with Gasteiger partial charge >= 0.3 is 5.97 Å². The molecule has 120 valence electrons. The first-order chi connectivity index (χ1) is 10.4. The molecule has 1 aromatic rings. The molecule has 2 amide bonds. The van der Waals surface area contributed by atoms with Crippen LogP contribution in [0.4, 0.5) is 0 Å². The first-order valence-corrected chi connectivity index (χ1v) is 6.75. The molecule has 1 aromatic carbocycles. The topological polar surface area (TPSA) is 84.9 Å². The van der Waals surface area contributed by atoms with E-state index in [1.807, 2.05) is 6.07 Å². The van der Waals surface area contributed by atoms with E-state index in [4.69, 9.17) is 9.47 Å². The molecule has 0 saturated heterocycles. The van der Waals surface area contributed by atoms with Gasteiger partial charge in [0.1, 0.15) is 12.3 Å². The van der Waals surface area contributed by atoms with Crippen LogP contribution in [0.1, 0.15) is 6.92 Å². The Kier molecular flexibility index (Phi) is 6.88. The van der Waals surface area contributed by atoms with E-state index in [2.05, 4.69) is 5.32 Å². The second-order valence-electron chi connectivity index (χ2n) is 4.74. The van der Waals surface area contributed by atoms with Crippen molar-refractivity contribution in [3.05, 3.63) is 30.3 Å². The van der Waals surface area contributed by atoms with E-state index in [1.165, 1.54) is 11.8 Å². The summed E-state index contributed by atoms with van der Waals surface area (Å²) in [4.78, 5) is 35.9. The normalized spacial score (nSPS) is 11.2. The number of nitrogens with one attached hydrogen (secondary N) is 1. The highest BCUT2D eigenvalue weighted by Gasteiger charge is 2.19. The van der Waals surface area contributed by atoms with Crippen molar-refractivity contribution in [2.75, 3.05) is 27.2 Å². The van der Waals surface area contributed by atoms with Gasteiger partial charge in [-0.2, -0.15) is 0 Å². The third-order valence-corrected chi connectivity index (χ3v) is 2.64. The summed E-state index contributed by atoms with van der Waals surface area (Å²) in [6.07, 6.45) is -0.889. The molecular weight excluding hydrogens is 288 g/mol. The lowest BCUT2D eigenvalue weighted by molar-refractivity contribution is -0.157. The minimum atomic E-state index is -0.889. The fourth-order valence-electron chi connectivity index (χ4n) is 1.54. The van der Waals surface area contributed by atoms with Crippen LogP contribution in [0, 0.1) is 0 Å². The summed E-state index contributed by atoms with van der Waals surface area (Å²) in [6.45, 7) is 0.950. The van der Waals surface area contributed by atoms with Crippen molar-refractivity contribution in [3.8, 4) is 5.75 Å². The molecule has 0 aliphatic carbocycles. The lowest BCUT2D eigenvalue weighted by atomic mass is 10.3. The van der Waals surface area contributed by atoms with Gasteiger partial charge in [-0.15, -0.1) is 0 Å². The van der Waals surface area contributed by atoms with Crippen molar-refractivity contribution in [2.24, 2.45) is 0 Å². The minimum Gasteiger partial charge on any atom is -0.484 e. The van der Waals surface area contributed by atoms with Crippen LogP contribution in [-0.2, 0) is 19.1 Å². The molecule has 0 bridgehead atoms. The van der Waals surface area contributed by atoms with Gasteiger partial charge in [0, 0.05) is 14.1 Å². The highest BCUT2D eigenvalue weighted by molar-refractivity contribution is 5.86. The first-order valence-electron chi connectivity index (χ1n) is 6.75. The molecule has 1 atom stereocenters. The number of likely N-dealkylation sites (N-methyl/N-ethyl adjacent to an activating group) is 1. The zero-order chi connectivity index (χ0) is 16.5. The van der Waals surface area contributed by atoms with E-state index in [0.717, 1.165) is 0 Å². The summed E-state index contributed by atoms with van der Waals surface area (Å²) in [7, 11) is 3.13. The minimum absolute atomic E-state index is 0.205. The molecule has 7 nitrogen and oxygen atoms in total. The van der Waals surface area contributed by atoms with Gasteiger partial charge in [-0.1, -0.05) is 18.2 Å². The van der Waals surface area contributed by atoms with E-state index in [1.54, 1.807) is 38.4 Å². The molecule has 0 unspecified atom stereocenters. The van der Waals surface area contributed by atoms with Crippen LogP contribution in [0.25, 0.3) is 0 Å². The van der Waals surface area contributed by atoms with Crippen molar-refractivity contribution in [1.29, 1.82) is 0 Å². The number of nitrogens with zero attached hydrogens (tertiary/aromatic N) is 1. The van der Waals surface area contributed by atoms with Crippen LogP contribution in [0.15, 0.2) is 30.3 Å². The number of amides is 2. The van der Waals surface area contributed by atoms with E-state index >= 15 is 0 Å². The number of esters is 1. The summed E-state index contributed by atoms with van der Waals surface area (Å²) in [6, 6.07) is 8.84. The third-order valence-electron chi connectivity index (χ3n) is 2.64. The zero-order valence-electron chi connectivity index (χ0n) is 12.9. The quantitative estimate of drug-likeness (QED) is 0.727. The average molecular weight is 308 g/mol. The third kappa shape index (κ3) is 6.25. The predicted octanol–water partition coefficient (Wildman–Crippen LogP) is 0.201. The Morgan fingerprint density at radius 3 is 2.41 bits per heavy atom. The Hall–Kier alpha value is -2.57. The van der Waals surface area contributed by atoms with Gasteiger partial charge in [0.05, 0.1) is 0 Å². The highest BCUT2D eigenvalue weighted by atomic mass is 16.5. The van der Waals surface area contributed by atoms with Crippen LogP contribution in [-0.4, -0.2) is 56.0 Å². The average Bonchev–Trinajstić information content (AvgIpc) is 2.50. The fourth-order valence-corrected chi connectivity index (χ4v) is 1.54. The van der Waals surface area contributed by atoms with Crippen molar-refractivity contribution in [1.82, 2.24) is 10.2 Å². The lowest BCUT2D eigenvalue weighted by Crippen LogP contribution is -2.39. The van der Waals surface area contributed by atoms with Gasteiger partial charge in [0.15, 0.2) is 12.7 Å². The first kappa shape index (κ1) is 17.5. The summed E-state index contributed by atoms with van der Waals surface area (Å²) in [5, 5.41) is 2.36. The molecule has 0 aromatic heterocycles. The SMILES string of the molecule is C[C@@H](OC(=O)CNC(=O)COc1ccccc1)C(=O)N(C)C. The molecule has 0 spiro atoms. The molecule has 0 saturated carbocycles. The van der Waals surface area contributed by atoms with E-state index in [-0.39, 0.29) is 19.1 Å². The van der Waals surface area contributed by atoms with Gasteiger partial charge in [-0.25, -0.2) is 0 Å². The Morgan fingerprint density at radius 2 is 1.82 bits per heavy atom. The molecule has 1 rings (SSSR count). The monoisotopic (exact) mass is 308 g/mol. The molecule has 1 N–H and O–H groups in total. The molecule has 7 heteroatoms. The van der Waals surface area contributed by atoms with Gasteiger partial charge in [-0.05, 0) is 19.1 Å². The number of carbonyl (C=O) groups excluding carboxylic acids is 3. The molecule has 0 aliphatic rings. The van der Waals surface area contributed by atoms with E-state index in [0.29, 0.717) is 5.75 Å². The second-order valence-corrected chi connectivity index (χ2v) is 4.74. The van der Waals surface area contributed by atoms with E-state index < -0.39 is 18.0 Å². The molecular formula is C15H20N2O5. The number of ether oxygens (including phenoxy) is 2. The summed E-state index contributed by atoms with van der Waals surface area (Å²) in [5.41, 5.74) is 0. The summed E-state index contributed by atoms with van der Waals surface area (Å²) in [5.74, 6) is -0.902. The maximum atomic E-state index is 11.5. The van der Waals surface area contributed by atoms with Crippen LogP contribution >= 0.6 is 0 Å².